The molecule has 1 aromatic heterocycles. The standard InChI is InChI=1S/C27H28N2O3/c1-27(2,3)32-26(31)23(16-17-24(30)22-15-10-18-28-19-22)29-25(20-11-6-4-7-12-20)21-13-8-5-9-14-21/h4-15,18-19,23H,16-17H2,1-3H3/t23-/m1/s1. The molecule has 0 saturated carbocycles. The number of benzene rings is 2. The van der Waals surface area contributed by atoms with Gasteiger partial charge in [-0.1, -0.05) is 60.7 Å². The Morgan fingerprint density at radius 1 is 0.875 bits per heavy atom. The van der Waals surface area contributed by atoms with Crippen LogP contribution in [0.25, 0.3) is 0 Å². The van der Waals surface area contributed by atoms with Gasteiger partial charge in [-0.2, -0.15) is 0 Å². The van der Waals surface area contributed by atoms with Gasteiger partial charge in [0.2, 0.25) is 0 Å². The lowest BCUT2D eigenvalue weighted by Gasteiger charge is -2.23. The minimum Gasteiger partial charge on any atom is -0.458 e. The van der Waals surface area contributed by atoms with Gasteiger partial charge in [0.25, 0.3) is 0 Å². The maximum atomic E-state index is 13.1. The zero-order valence-corrected chi connectivity index (χ0v) is 18.7. The number of carbonyl (C=O) groups excluding carboxylic acids is 2. The molecule has 0 aliphatic heterocycles. The van der Waals surface area contributed by atoms with E-state index in [0.717, 1.165) is 11.1 Å². The molecule has 1 heterocycles. The van der Waals surface area contributed by atoms with E-state index >= 15 is 0 Å². The number of ketones is 1. The summed E-state index contributed by atoms with van der Waals surface area (Å²) in [5.74, 6) is -0.524. The van der Waals surface area contributed by atoms with E-state index < -0.39 is 17.6 Å². The van der Waals surface area contributed by atoms with Crippen molar-refractivity contribution in [3.63, 3.8) is 0 Å². The molecule has 0 amide bonds. The van der Waals surface area contributed by atoms with E-state index in [9.17, 15) is 9.59 Å². The van der Waals surface area contributed by atoms with Gasteiger partial charge in [-0.15, -0.1) is 0 Å². The van der Waals surface area contributed by atoms with Crippen molar-refractivity contribution in [2.75, 3.05) is 0 Å². The molecule has 164 valence electrons. The topological polar surface area (TPSA) is 68.6 Å². The van der Waals surface area contributed by atoms with Crippen LogP contribution in [0.1, 0.15) is 55.1 Å². The molecule has 0 N–H and O–H groups in total. The Hall–Kier alpha value is -3.60. The van der Waals surface area contributed by atoms with Crippen LogP contribution in [0.5, 0.6) is 0 Å². The van der Waals surface area contributed by atoms with E-state index in [1.807, 2.05) is 81.4 Å². The van der Waals surface area contributed by atoms with Crippen LogP contribution >= 0.6 is 0 Å². The van der Waals surface area contributed by atoms with Gasteiger partial charge >= 0.3 is 5.97 Å². The molecule has 0 spiro atoms. The molecule has 0 unspecified atom stereocenters. The van der Waals surface area contributed by atoms with Gasteiger partial charge in [-0.25, -0.2) is 4.79 Å². The van der Waals surface area contributed by atoms with Gasteiger partial charge in [0, 0.05) is 35.5 Å². The third-order valence-electron chi connectivity index (χ3n) is 4.69. The molecule has 5 heteroatoms. The molecular weight excluding hydrogens is 400 g/mol. The summed E-state index contributed by atoms with van der Waals surface area (Å²) in [7, 11) is 0. The molecule has 0 fully saturated rings. The van der Waals surface area contributed by atoms with Crippen molar-refractivity contribution in [2.45, 2.75) is 45.3 Å². The lowest BCUT2D eigenvalue weighted by atomic mass is 10.0. The summed E-state index contributed by atoms with van der Waals surface area (Å²) in [6.07, 6.45) is 3.56. The van der Waals surface area contributed by atoms with E-state index in [2.05, 4.69) is 4.98 Å². The molecule has 32 heavy (non-hydrogen) atoms. The number of ether oxygens (including phenoxy) is 1. The molecule has 1 atom stereocenters. The van der Waals surface area contributed by atoms with Gasteiger partial charge in [-0.3, -0.25) is 14.8 Å². The summed E-state index contributed by atoms with van der Waals surface area (Å²) in [5, 5.41) is 0. The Morgan fingerprint density at radius 2 is 1.44 bits per heavy atom. The second-order valence-corrected chi connectivity index (χ2v) is 8.46. The Labute approximate surface area is 189 Å². The monoisotopic (exact) mass is 428 g/mol. The number of pyridine rings is 1. The van der Waals surface area contributed by atoms with Crippen molar-refractivity contribution in [3.8, 4) is 0 Å². The third kappa shape index (κ3) is 6.71. The third-order valence-corrected chi connectivity index (χ3v) is 4.69. The normalized spacial score (nSPS) is 12.0. The highest BCUT2D eigenvalue weighted by Crippen LogP contribution is 2.18. The predicted octanol–water partition coefficient (Wildman–Crippen LogP) is 5.29. The number of esters is 1. The number of carbonyl (C=O) groups is 2. The van der Waals surface area contributed by atoms with Crippen molar-refractivity contribution < 1.29 is 14.3 Å². The van der Waals surface area contributed by atoms with Gasteiger partial charge in [-0.05, 0) is 39.3 Å². The van der Waals surface area contributed by atoms with Crippen LogP contribution in [0.4, 0.5) is 0 Å². The van der Waals surface area contributed by atoms with Crippen LogP contribution in [0.15, 0.2) is 90.2 Å². The SMILES string of the molecule is CC(C)(C)OC(=O)[C@@H](CCC(=O)c1cccnc1)N=C(c1ccccc1)c1ccccc1. The number of hydrogen-bond donors (Lipinski definition) is 0. The summed E-state index contributed by atoms with van der Waals surface area (Å²) >= 11 is 0. The second-order valence-electron chi connectivity index (χ2n) is 8.46. The van der Waals surface area contributed by atoms with Crippen molar-refractivity contribution in [2.24, 2.45) is 4.99 Å². The lowest BCUT2D eigenvalue weighted by Crippen LogP contribution is -2.32. The first-order valence-electron chi connectivity index (χ1n) is 10.7. The largest absolute Gasteiger partial charge is 0.458 e. The number of hydrogen-bond acceptors (Lipinski definition) is 5. The van der Waals surface area contributed by atoms with Crippen LogP contribution in [-0.4, -0.2) is 34.1 Å². The number of nitrogens with zero attached hydrogens (tertiary/aromatic N) is 2. The van der Waals surface area contributed by atoms with Gasteiger partial charge in [0.1, 0.15) is 11.6 Å². The van der Waals surface area contributed by atoms with Crippen LogP contribution in [0.2, 0.25) is 0 Å². The van der Waals surface area contributed by atoms with Gasteiger partial charge in [0.15, 0.2) is 5.78 Å². The van der Waals surface area contributed by atoms with Crippen molar-refractivity contribution in [1.29, 1.82) is 0 Å². The zero-order chi connectivity index (χ0) is 23.0. The van der Waals surface area contributed by atoms with E-state index in [1.54, 1.807) is 18.3 Å². The Bertz CT molecular complexity index is 1010. The molecule has 3 aromatic rings. The van der Waals surface area contributed by atoms with Crippen LogP contribution in [0.3, 0.4) is 0 Å². The smallest absolute Gasteiger partial charge is 0.331 e. The Balaban J connectivity index is 1.95. The first-order chi connectivity index (χ1) is 15.3. The first-order valence-corrected chi connectivity index (χ1v) is 10.7. The number of rotatable bonds is 8. The molecule has 0 bridgehead atoms. The fraction of sp³-hybridized carbons (Fsp3) is 0.259. The van der Waals surface area contributed by atoms with Crippen LogP contribution in [0, 0.1) is 0 Å². The number of Topliss-reactive ketones (excluding diaryl/α,β-unsaturated/α-hetero) is 1. The fourth-order valence-corrected chi connectivity index (χ4v) is 3.21. The lowest BCUT2D eigenvalue weighted by molar-refractivity contribution is -0.156. The molecule has 2 aromatic carbocycles. The molecule has 3 rings (SSSR count). The summed E-state index contributed by atoms with van der Waals surface area (Å²) in [6, 6.07) is 22.1. The molecule has 0 aliphatic rings. The van der Waals surface area contributed by atoms with E-state index in [4.69, 9.17) is 9.73 Å². The highest BCUT2D eigenvalue weighted by Gasteiger charge is 2.26. The fourth-order valence-electron chi connectivity index (χ4n) is 3.21. The average Bonchev–Trinajstić information content (AvgIpc) is 2.79. The van der Waals surface area contributed by atoms with Crippen molar-refractivity contribution >= 4 is 17.5 Å². The average molecular weight is 429 g/mol. The quantitative estimate of drug-likeness (QED) is 0.278. The highest BCUT2D eigenvalue weighted by molar-refractivity contribution is 6.13. The van der Waals surface area contributed by atoms with Crippen LogP contribution in [-0.2, 0) is 9.53 Å². The summed E-state index contributed by atoms with van der Waals surface area (Å²) < 4.78 is 5.64. The maximum Gasteiger partial charge on any atom is 0.331 e. The van der Waals surface area contributed by atoms with Gasteiger partial charge < -0.3 is 4.74 Å². The highest BCUT2D eigenvalue weighted by atomic mass is 16.6. The summed E-state index contributed by atoms with van der Waals surface area (Å²) in [4.78, 5) is 34.5. The number of aromatic nitrogens is 1. The first kappa shape index (κ1) is 23.1. The number of aliphatic imine (C=N–C) groups is 1. The minimum atomic E-state index is -0.815. The Morgan fingerprint density at radius 3 is 1.94 bits per heavy atom. The summed E-state index contributed by atoms with van der Waals surface area (Å²) in [6.45, 7) is 5.46. The molecule has 0 saturated heterocycles. The zero-order valence-electron chi connectivity index (χ0n) is 18.7. The predicted molar refractivity (Wildman–Crippen MR) is 126 cm³/mol. The summed E-state index contributed by atoms with van der Waals surface area (Å²) in [5.41, 5.74) is 2.34. The maximum absolute atomic E-state index is 13.1. The molecule has 0 aliphatic carbocycles. The van der Waals surface area contributed by atoms with Gasteiger partial charge in [0.05, 0.1) is 5.71 Å². The van der Waals surface area contributed by atoms with Crippen LogP contribution < -0.4 is 0 Å². The molecule has 5 nitrogen and oxygen atoms in total. The van der Waals surface area contributed by atoms with E-state index in [1.165, 1.54) is 6.20 Å². The van der Waals surface area contributed by atoms with Crippen molar-refractivity contribution in [3.05, 3.63) is 102 Å². The second kappa shape index (κ2) is 10.6. The van der Waals surface area contributed by atoms with E-state index in [-0.39, 0.29) is 18.6 Å². The van der Waals surface area contributed by atoms with Crippen molar-refractivity contribution in [1.82, 2.24) is 4.98 Å². The Kier molecular flexibility index (Phi) is 7.66. The van der Waals surface area contributed by atoms with E-state index in [0.29, 0.717) is 11.3 Å². The molecular formula is C27H28N2O3. The minimum absolute atomic E-state index is 0.0807. The molecule has 0 radical (unpaired) electrons.